The van der Waals surface area contributed by atoms with Crippen molar-refractivity contribution in [1.82, 2.24) is 0 Å². The van der Waals surface area contributed by atoms with E-state index in [-0.39, 0.29) is 5.91 Å². The van der Waals surface area contributed by atoms with Crippen LogP contribution in [-0.2, 0) is 4.79 Å². The number of benzene rings is 2. The summed E-state index contributed by atoms with van der Waals surface area (Å²) in [4.78, 5) is 19.2. The van der Waals surface area contributed by atoms with Crippen LogP contribution < -0.4 is 9.64 Å². The highest BCUT2D eigenvalue weighted by atomic mass is 35.5. The molecule has 0 aliphatic carbocycles. The molecule has 0 saturated heterocycles. The van der Waals surface area contributed by atoms with Gasteiger partial charge in [-0.05, 0) is 42.3 Å². The molecule has 6 heteroatoms. The largest absolute Gasteiger partial charge is 0.495 e. The van der Waals surface area contributed by atoms with E-state index in [9.17, 15) is 4.79 Å². The van der Waals surface area contributed by atoms with Gasteiger partial charge in [-0.15, -0.1) is 6.58 Å². The Morgan fingerprint density at radius 1 is 1.30 bits per heavy atom. The molecule has 3 rings (SSSR count). The van der Waals surface area contributed by atoms with Crippen molar-refractivity contribution in [3.63, 3.8) is 0 Å². The van der Waals surface area contributed by atoms with Gasteiger partial charge in [0, 0.05) is 5.75 Å². The molecule has 0 bridgehead atoms. The summed E-state index contributed by atoms with van der Waals surface area (Å²) in [6.07, 6.45) is 3.59. The summed E-state index contributed by atoms with van der Waals surface area (Å²) in [5.41, 5.74) is 3.09. The van der Waals surface area contributed by atoms with Gasteiger partial charge in [0.05, 0.1) is 17.8 Å². The average Bonchev–Trinajstić information content (AvgIpc) is 2.97. The first kappa shape index (κ1) is 19.3. The standard InChI is InChI=1S/C21H19ClN2O2S/c1-4-11-27-21-23-18(12-15-8-6-5-7-14(15)2)20(25)24(21)16-9-10-19(26-3)17(22)13-16/h4-10,12-13H,1,11H2,2-3H3. The topological polar surface area (TPSA) is 41.9 Å². The van der Waals surface area contributed by atoms with Gasteiger partial charge >= 0.3 is 0 Å². The van der Waals surface area contributed by atoms with E-state index < -0.39 is 0 Å². The summed E-state index contributed by atoms with van der Waals surface area (Å²) in [5, 5.41) is 1.04. The molecule has 1 aliphatic heterocycles. The maximum absolute atomic E-state index is 13.1. The number of methoxy groups -OCH3 is 1. The van der Waals surface area contributed by atoms with Crippen LogP contribution in [0.3, 0.4) is 0 Å². The predicted octanol–water partition coefficient (Wildman–Crippen LogP) is 5.32. The Hall–Kier alpha value is -2.50. The number of anilines is 1. The summed E-state index contributed by atoms with van der Waals surface area (Å²) in [7, 11) is 1.55. The molecule has 0 spiro atoms. The SMILES string of the molecule is C=CCSC1=NC(=Cc2ccccc2C)C(=O)N1c1ccc(OC)c(Cl)c1. The maximum atomic E-state index is 13.1. The number of amides is 1. The average molecular weight is 399 g/mol. The first-order chi connectivity index (χ1) is 13.0. The Bertz CT molecular complexity index is 953. The lowest BCUT2D eigenvalue weighted by Crippen LogP contribution is -2.30. The molecule has 138 valence electrons. The quantitative estimate of drug-likeness (QED) is 0.505. The number of hydrogen-bond acceptors (Lipinski definition) is 4. The van der Waals surface area contributed by atoms with Crippen LogP contribution in [0.15, 0.2) is 65.8 Å². The van der Waals surface area contributed by atoms with Crippen LogP contribution in [0.4, 0.5) is 5.69 Å². The number of hydrogen-bond donors (Lipinski definition) is 0. The molecule has 0 fully saturated rings. The first-order valence-electron chi connectivity index (χ1n) is 8.33. The fourth-order valence-corrected chi connectivity index (χ4v) is 3.64. The van der Waals surface area contributed by atoms with Crippen LogP contribution in [0.1, 0.15) is 11.1 Å². The fraction of sp³-hybridized carbons (Fsp3) is 0.143. The number of aliphatic imine (C=N–C) groups is 1. The number of ether oxygens (including phenoxy) is 1. The minimum absolute atomic E-state index is 0.189. The highest BCUT2D eigenvalue weighted by molar-refractivity contribution is 8.14. The van der Waals surface area contributed by atoms with E-state index in [1.54, 1.807) is 36.3 Å². The molecule has 0 aromatic heterocycles. The number of nitrogens with zero attached hydrogens (tertiary/aromatic N) is 2. The van der Waals surface area contributed by atoms with Gasteiger partial charge in [-0.1, -0.05) is 53.7 Å². The zero-order valence-corrected chi connectivity index (χ0v) is 16.7. The third-order valence-electron chi connectivity index (χ3n) is 4.03. The third-order valence-corrected chi connectivity index (χ3v) is 5.26. The van der Waals surface area contributed by atoms with Crippen LogP contribution >= 0.6 is 23.4 Å². The van der Waals surface area contributed by atoms with Crippen molar-refractivity contribution in [2.75, 3.05) is 17.8 Å². The zero-order valence-electron chi connectivity index (χ0n) is 15.1. The van der Waals surface area contributed by atoms with Crippen LogP contribution in [0.25, 0.3) is 6.08 Å². The Labute approximate surface area is 168 Å². The highest BCUT2D eigenvalue weighted by Gasteiger charge is 2.32. The zero-order chi connectivity index (χ0) is 19.4. The smallest absolute Gasteiger partial charge is 0.283 e. The number of thioether (sulfide) groups is 1. The minimum atomic E-state index is -0.189. The van der Waals surface area contributed by atoms with E-state index in [0.29, 0.717) is 33.1 Å². The lowest BCUT2D eigenvalue weighted by molar-refractivity contribution is -0.113. The second-order valence-corrected chi connectivity index (χ2v) is 7.23. The predicted molar refractivity (Wildman–Crippen MR) is 115 cm³/mol. The van der Waals surface area contributed by atoms with Crippen LogP contribution in [0, 0.1) is 6.92 Å². The molecule has 2 aromatic carbocycles. The third kappa shape index (κ3) is 4.10. The molecule has 1 amide bonds. The second-order valence-electron chi connectivity index (χ2n) is 5.84. The Morgan fingerprint density at radius 3 is 2.74 bits per heavy atom. The molecular formula is C21H19ClN2O2S. The molecule has 0 radical (unpaired) electrons. The molecule has 0 saturated carbocycles. The van der Waals surface area contributed by atoms with Gasteiger partial charge in [-0.2, -0.15) is 0 Å². The van der Waals surface area contributed by atoms with Crippen molar-refractivity contribution < 1.29 is 9.53 Å². The Kier molecular flexibility index (Phi) is 6.04. The van der Waals surface area contributed by atoms with Gasteiger partial charge in [-0.25, -0.2) is 4.99 Å². The highest BCUT2D eigenvalue weighted by Crippen LogP contribution is 2.34. The van der Waals surface area contributed by atoms with Crippen LogP contribution in [-0.4, -0.2) is 23.9 Å². The van der Waals surface area contributed by atoms with E-state index in [0.717, 1.165) is 11.1 Å². The number of aryl methyl sites for hydroxylation is 1. The molecular weight excluding hydrogens is 380 g/mol. The number of carbonyl (C=O) groups is 1. The minimum Gasteiger partial charge on any atom is -0.495 e. The fourth-order valence-electron chi connectivity index (χ4n) is 2.64. The molecule has 2 aromatic rings. The molecule has 0 N–H and O–H groups in total. The van der Waals surface area contributed by atoms with Crippen molar-refractivity contribution in [3.8, 4) is 5.75 Å². The van der Waals surface area contributed by atoms with E-state index in [2.05, 4.69) is 11.6 Å². The molecule has 4 nitrogen and oxygen atoms in total. The van der Waals surface area contributed by atoms with E-state index in [1.807, 2.05) is 37.3 Å². The molecule has 0 unspecified atom stereocenters. The summed E-state index contributed by atoms with van der Waals surface area (Å²) in [5.74, 6) is 1.01. The van der Waals surface area contributed by atoms with Crippen LogP contribution in [0.2, 0.25) is 5.02 Å². The van der Waals surface area contributed by atoms with E-state index in [4.69, 9.17) is 16.3 Å². The number of amidine groups is 1. The molecule has 27 heavy (non-hydrogen) atoms. The van der Waals surface area contributed by atoms with Gasteiger partial charge < -0.3 is 4.74 Å². The summed E-state index contributed by atoms with van der Waals surface area (Å²) < 4.78 is 5.20. The summed E-state index contributed by atoms with van der Waals surface area (Å²) in [6.45, 7) is 5.75. The number of halogens is 1. The van der Waals surface area contributed by atoms with Crippen molar-refractivity contribution in [3.05, 3.63) is 77.0 Å². The van der Waals surface area contributed by atoms with Gasteiger partial charge in [0.15, 0.2) is 5.17 Å². The van der Waals surface area contributed by atoms with E-state index in [1.165, 1.54) is 11.8 Å². The van der Waals surface area contributed by atoms with Gasteiger partial charge in [0.1, 0.15) is 11.4 Å². The lowest BCUT2D eigenvalue weighted by atomic mass is 10.1. The summed E-state index contributed by atoms with van der Waals surface area (Å²) in [6, 6.07) is 13.1. The van der Waals surface area contributed by atoms with Crippen molar-refractivity contribution in [1.29, 1.82) is 0 Å². The van der Waals surface area contributed by atoms with Gasteiger partial charge in [0.2, 0.25) is 0 Å². The summed E-state index contributed by atoms with van der Waals surface area (Å²) >= 11 is 7.70. The lowest BCUT2D eigenvalue weighted by Gasteiger charge is -2.18. The van der Waals surface area contributed by atoms with Crippen LogP contribution in [0.5, 0.6) is 5.75 Å². The van der Waals surface area contributed by atoms with Crippen molar-refractivity contribution in [2.45, 2.75) is 6.92 Å². The van der Waals surface area contributed by atoms with Crippen molar-refractivity contribution in [2.24, 2.45) is 4.99 Å². The molecule has 1 heterocycles. The normalized spacial score (nSPS) is 15.2. The monoisotopic (exact) mass is 398 g/mol. The van der Waals surface area contributed by atoms with E-state index >= 15 is 0 Å². The molecule has 0 atom stereocenters. The maximum Gasteiger partial charge on any atom is 0.283 e. The van der Waals surface area contributed by atoms with Gasteiger partial charge in [-0.3, -0.25) is 9.69 Å². The number of carbonyl (C=O) groups excluding carboxylic acids is 1. The Morgan fingerprint density at radius 2 is 2.07 bits per heavy atom. The second kappa shape index (κ2) is 8.46. The number of rotatable bonds is 5. The molecule has 1 aliphatic rings. The first-order valence-corrected chi connectivity index (χ1v) is 9.69. The van der Waals surface area contributed by atoms with Crippen molar-refractivity contribution >= 4 is 46.2 Å². The Balaban J connectivity index is 2.02. The van der Waals surface area contributed by atoms with Gasteiger partial charge in [0.25, 0.3) is 5.91 Å².